The molecule has 0 aliphatic carbocycles. The van der Waals surface area contributed by atoms with Gasteiger partial charge < -0.3 is 9.14 Å². The molecule has 0 saturated carbocycles. The SMILES string of the molecule is CC(C)OCCCn1c(SCc2cn3ccccc3n2)nc2ccccc2c1=O. The van der Waals surface area contributed by atoms with Crippen LogP contribution in [0.15, 0.2) is 64.8 Å². The number of benzene rings is 1. The van der Waals surface area contributed by atoms with E-state index in [2.05, 4.69) is 4.98 Å². The van der Waals surface area contributed by atoms with Crippen LogP contribution in [0.4, 0.5) is 0 Å². The van der Waals surface area contributed by atoms with Crippen LogP contribution >= 0.6 is 11.8 Å². The lowest BCUT2D eigenvalue weighted by atomic mass is 10.2. The summed E-state index contributed by atoms with van der Waals surface area (Å²) >= 11 is 1.54. The molecule has 3 aromatic heterocycles. The molecule has 0 amide bonds. The van der Waals surface area contributed by atoms with E-state index in [0.29, 0.717) is 24.3 Å². The Morgan fingerprint density at radius 1 is 1.10 bits per heavy atom. The molecule has 6 nitrogen and oxygen atoms in total. The number of rotatable bonds is 8. The van der Waals surface area contributed by atoms with Crippen molar-refractivity contribution in [2.75, 3.05) is 6.61 Å². The lowest BCUT2D eigenvalue weighted by Gasteiger charge is -2.13. The Morgan fingerprint density at radius 3 is 2.76 bits per heavy atom. The molecule has 4 rings (SSSR count). The third kappa shape index (κ3) is 4.52. The Morgan fingerprint density at radius 2 is 1.93 bits per heavy atom. The second-order valence-corrected chi connectivity index (χ2v) is 8.07. The molecule has 150 valence electrons. The molecule has 1 aromatic carbocycles. The molecule has 0 aliphatic heterocycles. The molecular formula is C22H24N4O2S. The van der Waals surface area contributed by atoms with Crippen LogP contribution in [-0.4, -0.2) is 31.6 Å². The van der Waals surface area contributed by atoms with Crippen molar-refractivity contribution in [1.29, 1.82) is 0 Å². The average molecular weight is 409 g/mol. The van der Waals surface area contributed by atoms with Gasteiger partial charge in [0.05, 0.1) is 22.7 Å². The third-order valence-corrected chi connectivity index (χ3v) is 5.58. The van der Waals surface area contributed by atoms with E-state index in [1.54, 1.807) is 16.3 Å². The molecule has 0 aliphatic rings. The van der Waals surface area contributed by atoms with Gasteiger partial charge in [-0.2, -0.15) is 0 Å². The van der Waals surface area contributed by atoms with E-state index in [0.717, 1.165) is 28.4 Å². The minimum Gasteiger partial charge on any atom is -0.379 e. The summed E-state index contributed by atoms with van der Waals surface area (Å²) in [7, 11) is 0. The van der Waals surface area contributed by atoms with Crippen LogP contribution in [0, 0.1) is 0 Å². The highest BCUT2D eigenvalue weighted by molar-refractivity contribution is 7.98. The van der Waals surface area contributed by atoms with Crippen LogP contribution in [0.25, 0.3) is 16.6 Å². The number of hydrogen-bond donors (Lipinski definition) is 0. The van der Waals surface area contributed by atoms with Crippen LogP contribution in [0.2, 0.25) is 0 Å². The van der Waals surface area contributed by atoms with Crippen LogP contribution in [-0.2, 0) is 17.0 Å². The lowest BCUT2D eigenvalue weighted by molar-refractivity contribution is 0.0743. The standard InChI is InChI=1S/C22H24N4O2S/c1-16(2)28-13-7-12-26-21(27)18-8-3-4-9-19(18)24-22(26)29-15-17-14-25-11-6-5-10-20(25)23-17/h3-6,8-11,14,16H,7,12-13,15H2,1-2H3. The zero-order chi connectivity index (χ0) is 20.2. The summed E-state index contributed by atoms with van der Waals surface area (Å²) in [5.41, 5.74) is 2.60. The maximum atomic E-state index is 13.1. The first-order valence-corrected chi connectivity index (χ1v) is 10.8. The van der Waals surface area contributed by atoms with E-state index < -0.39 is 0 Å². The van der Waals surface area contributed by atoms with Gasteiger partial charge in [0.1, 0.15) is 5.65 Å². The second kappa shape index (κ2) is 8.80. The van der Waals surface area contributed by atoms with Gasteiger partial charge in [0, 0.05) is 31.3 Å². The topological polar surface area (TPSA) is 61.4 Å². The molecule has 29 heavy (non-hydrogen) atoms. The van der Waals surface area contributed by atoms with Gasteiger partial charge in [0.15, 0.2) is 5.16 Å². The number of hydrogen-bond acceptors (Lipinski definition) is 5. The Kier molecular flexibility index (Phi) is 5.97. The van der Waals surface area contributed by atoms with E-state index in [1.807, 2.05) is 73.1 Å². The Balaban J connectivity index is 1.60. The molecule has 3 heterocycles. The highest BCUT2D eigenvalue weighted by atomic mass is 32.2. The quantitative estimate of drug-likeness (QED) is 0.249. The number of aromatic nitrogens is 4. The van der Waals surface area contributed by atoms with Crippen molar-refractivity contribution in [3.63, 3.8) is 0 Å². The highest BCUT2D eigenvalue weighted by Gasteiger charge is 2.12. The van der Waals surface area contributed by atoms with Crippen molar-refractivity contribution >= 4 is 28.3 Å². The third-order valence-electron chi connectivity index (χ3n) is 4.57. The average Bonchev–Trinajstić information content (AvgIpc) is 3.14. The molecule has 0 fully saturated rings. The van der Waals surface area contributed by atoms with E-state index in [1.165, 1.54) is 0 Å². The predicted molar refractivity (Wildman–Crippen MR) is 116 cm³/mol. The zero-order valence-electron chi connectivity index (χ0n) is 16.6. The van der Waals surface area contributed by atoms with E-state index in [4.69, 9.17) is 9.72 Å². The number of imidazole rings is 1. The monoisotopic (exact) mass is 408 g/mol. The summed E-state index contributed by atoms with van der Waals surface area (Å²) in [6.07, 6.45) is 4.95. The van der Waals surface area contributed by atoms with Gasteiger partial charge in [-0.1, -0.05) is 30.0 Å². The summed E-state index contributed by atoms with van der Waals surface area (Å²) in [5, 5.41) is 1.37. The van der Waals surface area contributed by atoms with Crippen molar-refractivity contribution in [1.82, 2.24) is 18.9 Å². The normalized spacial score (nSPS) is 11.7. The molecular weight excluding hydrogens is 384 g/mol. The van der Waals surface area contributed by atoms with Crippen LogP contribution in [0.3, 0.4) is 0 Å². The maximum absolute atomic E-state index is 13.1. The summed E-state index contributed by atoms with van der Waals surface area (Å²) < 4.78 is 9.41. The number of nitrogens with zero attached hydrogens (tertiary/aromatic N) is 4. The number of para-hydroxylation sites is 1. The molecule has 4 aromatic rings. The molecule has 7 heteroatoms. The molecule has 0 saturated heterocycles. The Hall–Kier alpha value is -2.64. The zero-order valence-corrected chi connectivity index (χ0v) is 17.4. The van der Waals surface area contributed by atoms with E-state index in [-0.39, 0.29) is 11.7 Å². The van der Waals surface area contributed by atoms with Gasteiger partial charge in [0.25, 0.3) is 5.56 Å². The molecule has 0 bridgehead atoms. The number of pyridine rings is 1. The minimum absolute atomic E-state index is 0.00218. The van der Waals surface area contributed by atoms with Gasteiger partial charge >= 0.3 is 0 Å². The van der Waals surface area contributed by atoms with Gasteiger partial charge in [-0.15, -0.1) is 0 Å². The molecule has 0 atom stereocenters. The number of ether oxygens (including phenoxy) is 1. The van der Waals surface area contributed by atoms with Crippen molar-refractivity contribution in [3.05, 3.63) is 70.9 Å². The van der Waals surface area contributed by atoms with Crippen LogP contribution in [0.5, 0.6) is 0 Å². The van der Waals surface area contributed by atoms with Crippen molar-refractivity contribution in [2.45, 2.75) is 43.8 Å². The van der Waals surface area contributed by atoms with Gasteiger partial charge in [-0.05, 0) is 44.5 Å². The Labute approximate surface area is 173 Å². The van der Waals surface area contributed by atoms with Crippen LogP contribution in [0.1, 0.15) is 26.0 Å². The molecule has 0 spiro atoms. The molecule has 0 unspecified atom stereocenters. The number of fused-ring (bicyclic) bond motifs is 2. The second-order valence-electron chi connectivity index (χ2n) is 7.13. The van der Waals surface area contributed by atoms with E-state index >= 15 is 0 Å². The summed E-state index contributed by atoms with van der Waals surface area (Å²) in [6, 6.07) is 13.4. The first kappa shape index (κ1) is 19.7. The highest BCUT2D eigenvalue weighted by Crippen LogP contribution is 2.22. The lowest BCUT2D eigenvalue weighted by Crippen LogP contribution is -2.24. The van der Waals surface area contributed by atoms with Gasteiger partial charge in [-0.25, -0.2) is 9.97 Å². The summed E-state index contributed by atoms with van der Waals surface area (Å²) in [5.74, 6) is 0.648. The van der Waals surface area contributed by atoms with Gasteiger partial charge in [0.2, 0.25) is 0 Å². The van der Waals surface area contributed by atoms with Crippen LogP contribution < -0.4 is 5.56 Å². The summed E-state index contributed by atoms with van der Waals surface area (Å²) in [4.78, 5) is 22.5. The molecule has 0 radical (unpaired) electrons. The van der Waals surface area contributed by atoms with E-state index in [9.17, 15) is 4.79 Å². The summed E-state index contributed by atoms with van der Waals surface area (Å²) in [6.45, 7) is 5.23. The minimum atomic E-state index is -0.00218. The number of thioether (sulfide) groups is 1. The smallest absolute Gasteiger partial charge is 0.262 e. The fourth-order valence-corrected chi connectivity index (χ4v) is 4.10. The largest absolute Gasteiger partial charge is 0.379 e. The Bertz CT molecular complexity index is 1150. The molecule has 0 N–H and O–H groups in total. The first-order valence-electron chi connectivity index (χ1n) is 9.78. The fraction of sp³-hybridized carbons (Fsp3) is 0.318. The maximum Gasteiger partial charge on any atom is 0.262 e. The van der Waals surface area contributed by atoms with Crippen molar-refractivity contribution < 1.29 is 4.74 Å². The predicted octanol–water partition coefficient (Wildman–Crippen LogP) is 4.15. The van der Waals surface area contributed by atoms with Crippen molar-refractivity contribution in [2.24, 2.45) is 0 Å². The van der Waals surface area contributed by atoms with Crippen molar-refractivity contribution in [3.8, 4) is 0 Å². The van der Waals surface area contributed by atoms with Gasteiger partial charge in [-0.3, -0.25) is 9.36 Å². The first-order chi connectivity index (χ1) is 14.1. The fourth-order valence-electron chi connectivity index (χ4n) is 3.19.